The second kappa shape index (κ2) is 10.1. The van der Waals surface area contributed by atoms with E-state index in [2.05, 4.69) is 16.4 Å². The van der Waals surface area contributed by atoms with Crippen molar-refractivity contribution in [1.29, 1.82) is 10.7 Å². The first-order chi connectivity index (χ1) is 18.6. The number of para-hydroxylation sites is 1. The van der Waals surface area contributed by atoms with Crippen molar-refractivity contribution in [1.82, 2.24) is 15.2 Å². The number of nitrogens with one attached hydrogen (secondary N) is 2. The molecule has 1 saturated heterocycles. The van der Waals surface area contributed by atoms with Crippen molar-refractivity contribution >= 4 is 34.5 Å². The molecule has 0 radical (unpaired) electrons. The maximum Gasteiger partial charge on any atom is 0.244 e. The van der Waals surface area contributed by atoms with E-state index >= 15 is 0 Å². The van der Waals surface area contributed by atoms with Crippen LogP contribution in [0, 0.1) is 29.5 Å². The highest BCUT2D eigenvalue weighted by molar-refractivity contribution is 7.86. The predicted molar refractivity (Wildman–Crippen MR) is 143 cm³/mol. The summed E-state index contributed by atoms with van der Waals surface area (Å²) in [5.41, 5.74) is -0.931. The number of hydrazine groups is 1. The lowest BCUT2D eigenvalue weighted by Crippen LogP contribution is -2.52. The minimum atomic E-state index is -1.66. The number of hydrogen-bond donors (Lipinski definition) is 3. The number of hydrogen-bond acceptors (Lipinski definition) is 8. The van der Waals surface area contributed by atoms with E-state index in [1.807, 2.05) is 0 Å². The van der Waals surface area contributed by atoms with Gasteiger partial charge in [0.15, 0.2) is 0 Å². The number of anilines is 1. The number of pyridine rings is 1. The van der Waals surface area contributed by atoms with Crippen LogP contribution in [0.5, 0.6) is 0 Å². The Bertz CT molecular complexity index is 1400. The van der Waals surface area contributed by atoms with Crippen molar-refractivity contribution in [3.05, 3.63) is 53.6 Å². The van der Waals surface area contributed by atoms with Crippen LogP contribution >= 0.6 is 0 Å². The smallest absolute Gasteiger partial charge is 0.244 e. The van der Waals surface area contributed by atoms with E-state index < -0.39 is 50.7 Å². The first-order valence-electron chi connectivity index (χ1n) is 12.8. The molecule has 5 rings (SSSR count). The molecule has 2 aromatic rings. The monoisotopic (exact) mass is 551 g/mol. The number of nitrogens with two attached hydrogens (primary N) is 1. The summed E-state index contributed by atoms with van der Waals surface area (Å²) in [5.74, 6) is 4.62. The summed E-state index contributed by atoms with van der Waals surface area (Å²) in [7, 11) is -1.66. The molecule has 3 atom stereocenters. The molecule has 3 fully saturated rings. The van der Waals surface area contributed by atoms with Crippen LogP contribution in [0.15, 0.2) is 41.4 Å². The molecular formula is C27H30FN7O3S. The van der Waals surface area contributed by atoms with Crippen LogP contribution in [-0.2, 0) is 25.8 Å². The highest BCUT2D eigenvalue weighted by Gasteiger charge is 2.59. The van der Waals surface area contributed by atoms with Crippen molar-refractivity contribution in [2.24, 2.45) is 5.84 Å². The molecule has 2 heterocycles. The van der Waals surface area contributed by atoms with Gasteiger partial charge in [-0.3, -0.25) is 18.8 Å². The number of halogens is 1. The summed E-state index contributed by atoms with van der Waals surface area (Å²) in [6.07, 6.45) is 4.61. The Morgan fingerprint density at radius 1 is 1.36 bits per heavy atom. The lowest BCUT2D eigenvalue weighted by atomic mass is 9.98. The Morgan fingerprint density at radius 2 is 2.08 bits per heavy atom. The Labute approximate surface area is 228 Å². The van der Waals surface area contributed by atoms with Crippen molar-refractivity contribution < 1.29 is 18.2 Å². The minimum absolute atomic E-state index is 0.0157. The summed E-state index contributed by atoms with van der Waals surface area (Å²) < 4.78 is 28.8. The third-order valence-corrected chi connectivity index (χ3v) is 9.45. The van der Waals surface area contributed by atoms with Crippen LogP contribution < -0.4 is 16.2 Å². The number of carbonyl (C=O) groups excluding carboxylic acids is 2. The molecule has 4 N–H and O–H groups in total. The minimum Gasteiger partial charge on any atom is -0.336 e. The second-order valence-electron chi connectivity index (χ2n) is 10.6. The van der Waals surface area contributed by atoms with Gasteiger partial charge in [-0.15, -0.1) is 0 Å². The van der Waals surface area contributed by atoms with Crippen LogP contribution in [0.4, 0.5) is 10.1 Å². The molecule has 1 aromatic heterocycles. The van der Waals surface area contributed by atoms with Gasteiger partial charge in [0.2, 0.25) is 11.8 Å². The number of amides is 2. The third-order valence-electron chi connectivity index (χ3n) is 7.73. The molecule has 12 heteroatoms. The molecular weight excluding hydrogens is 521 g/mol. The fourth-order valence-electron chi connectivity index (χ4n) is 5.21. The lowest BCUT2D eigenvalue weighted by Gasteiger charge is -2.29. The zero-order valence-electron chi connectivity index (χ0n) is 21.5. The maximum atomic E-state index is 14.9. The van der Waals surface area contributed by atoms with Gasteiger partial charge < -0.3 is 20.6 Å². The van der Waals surface area contributed by atoms with Crippen molar-refractivity contribution in [3.8, 4) is 6.07 Å². The molecule has 2 aliphatic carbocycles. The molecule has 1 aliphatic heterocycles. The van der Waals surface area contributed by atoms with Crippen molar-refractivity contribution in [2.45, 2.75) is 66.2 Å². The average molecular weight is 552 g/mol. The molecule has 2 saturated carbocycles. The third kappa shape index (κ3) is 4.92. The van der Waals surface area contributed by atoms with Gasteiger partial charge in [0.25, 0.3) is 0 Å². The SMILES string of the molecule is Cc1cnc(C2(C(=O)N3CC(S(=O)c4ccccc4N(N)CC=N)CC3C(=O)NC3(C#N)CC3)CC2)c(F)c1. The van der Waals surface area contributed by atoms with Crippen LogP contribution in [0.25, 0.3) is 0 Å². The van der Waals surface area contributed by atoms with E-state index in [-0.39, 0.29) is 25.2 Å². The van der Waals surface area contributed by atoms with Crippen LogP contribution in [0.2, 0.25) is 0 Å². The summed E-state index contributed by atoms with van der Waals surface area (Å²) in [5, 5.41) is 20.4. The lowest BCUT2D eigenvalue weighted by molar-refractivity contribution is -0.140. The maximum absolute atomic E-state index is 14.9. The number of rotatable bonds is 9. The number of benzene rings is 1. The fraction of sp³-hybridized carbons (Fsp3) is 0.444. The topological polar surface area (TPSA) is 156 Å². The van der Waals surface area contributed by atoms with E-state index in [1.54, 1.807) is 31.2 Å². The molecule has 0 bridgehead atoms. The Balaban J connectivity index is 1.46. The van der Waals surface area contributed by atoms with E-state index in [9.17, 15) is 23.5 Å². The second-order valence-corrected chi connectivity index (χ2v) is 12.3. The number of likely N-dealkylation sites (tertiary alicyclic amines) is 1. The Hall–Kier alpha value is -3.69. The standard InChI is InChI=1S/C27H30FN7O3S/c1-17-12-19(28)23(32-14-17)27(8-9-27)25(37)34-15-18(13-21(34)24(36)33-26(16-30)6-7-26)39(38)22-5-3-2-4-20(22)35(31)11-10-29/h2-5,10,12,14,18,21,29H,6-9,11,13,15,31H2,1H3,(H,33,36). The quantitative estimate of drug-likeness (QED) is 0.244. The first-order valence-corrected chi connectivity index (χ1v) is 14.0. The van der Waals surface area contributed by atoms with Gasteiger partial charge in [0, 0.05) is 19.0 Å². The van der Waals surface area contributed by atoms with E-state index in [0.717, 1.165) is 6.21 Å². The van der Waals surface area contributed by atoms with E-state index in [0.29, 0.717) is 41.8 Å². The van der Waals surface area contributed by atoms with Gasteiger partial charge in [-0.2, -0.15) is 5.26 Å². The zero-order valence-corrected chi connectivity index (χ0v) is 22.3. The molecule has 204 valence electrons. The molecule has 0 spiro atoms. The Morgan fingerprint density at radius 3 is 2.69 bits per heavy atom. The summed E-state index contributed by atoms with van der Waals surface area (Å²) in [4.78, 5) is 33.5. The van der Waals surface area contributed by atoms with Gasteiger partial charge in [0.1, 0.15) is 17.4 Å². The summed E-state index contributed by atoms with van der Waals surface area (Å²) in [6.45, 7) is 1.84. The van der Waals surface area contributed by atoms with E-state index in [1.165, 1.54) is 22.2 Å². The van der Waals surface area contributed by atoms with Gasteiger partial charge in [0.05, 0.1) is 50.4 Å². The van der Waals surface area contributed by atoms with Gasteiger partial charge in [-0.05, 0) is 62.8 Å². The Kier molecular flexibility index (Phi) is 6.99. The van der Waals surface area contributed by atoms with Gasteiger partial charge in [-0.1, -0.05) is 12.1 Å². The average Bonchev–Trinajstić information content (AvgIpc) is 3.84. The predicted octanol–water partition coefficient (Wildman–Crippen LogP) is 1.84. The highest BCUT2D eigenvalue weighted by Crippen LogP contribution is 2.51. The van der Waals surface area contributed by atoms with Gasteiger partial charge in [-0.25, -0.2) is 10.2 Å². The largest absolute Gasteiger partial charge is 0.336 e. The number of nitriles is 1. The summed E-state index contributed by atoms with van der Waals surface area (Å²) >= 11 is 0. The van der Waals surface area contributed by atoms with Crippen LogP contribution in [0.1, 0.15) is 43.4 Å². The zero-order chi connectivity index (χ0) is 27.9. The molecule has 3 aliphatic rings. The number of nitrogens with zero attached hydrogens (tertiary/aromatic N) is 4. The molecule has 2 amide bonds. The van der Waals surface area contributed by atoms with Crippen LogP contribution in [0.3, 0.4) is 0 Å². The highest BCUT2D eigenvalue weighted by atomic mass is 32.2. The first kappa shape index (κ1) is 26.9. The summed E-state index contributed by atoms with van der Waals surface area (Å²) in [6, 6.07) is 9.36. The number of aromatic nitrogens is 1. The molecule has 1 aromatic carbocycles. The fourth-order valence-corrected chi connectivity index (χ4v) is 6.83. The molecule has 3 unspecified atom stereocenters. The number of carbonyl (C=O) groups is 2. The van der Waals surface area contributed by atoms with Gasteiger partial charge >= 0.3 is 0 Å². The number of aryl methyl sites for hydroxylation is 1. The van der Waals surface area contributed by atoms with Crippen molar-refractivity contribution in [2.75, 3.05) is 18.1 Å². The molecule has 39 heavy (non-hydrogen) atoms. The normalized spacial score (nSPS) is 22.9. The van der Waals surface area contributed by atoms with Crippen LogP contribution in [-0.4, -0.2) is 62.0 Å². The molecule has 10 nitrogen and oxygen atoms in total. The van der Waals surface area contributed by atoms with Crippen molar-refractivity contribution in [3.63, 3.8) is 0 Å². The van der Waals surface area contributed by atoms with E-state index in [4.69, 9.17) is 11.3 Å².